The van der Waals surface area contributed by atoms with Gasteiger partial charge in [-0.2, -0.15) is 0 Å². The van der Waals surface area contributed by atoms with Crippen LogP contribution in [-0.2, 0) is 20.7 Å². The molecule has 0 saturated heterocycles. The number of carbonyl (C=O) groups excluding carboxylic acids is 2. The Kier molecular flexibility index (Phi) is 4.47. The summed E-state index contributed by atoms with van der Waals surface area (Å²) < 4.78 is 5.37. The number of rotatable bonds is 4. The SMILES string of the molecule is O=C1C=C[C@@H]([C@@H](CC(=O)N2CCc3cccnc32)c2ccc(Cl)cc2)O1. The molecule has 26 heavy (non-hydrogen) atoms. The summed E-state index contributed by atoms with van der Waals surface area (Å²) in [5.74, 6) is 0.0508. The lowest BCUT2D eigenvalue weighted by molar-refractivity contribution is -0.140. The standard InChI is InChI=1S/C20H17ClN2O3/c21-15-5-3-13(4-6-15)16(17-7-8-19(25)26-17)12-18(24)23-11-9-14-2-1-10-22-20(14)23/h1-8,10,16-17H,9,11-12H2/t16-,17-/m0/s1. The lowest BCUT2D eigenvalue weighted by Gasteiger charge is -2.25. The molecular formula is C20H17ClN2O3. The Bertz CT molecular complexity index is 879. The van der Waals surface area contributed by atoms with Gasteiger partial charge in [-0.05, 0) is 41.8 Å². The van der Waals surface area contributed by atoms with E-state index < -0.39 is 6.10 Å². The number of esters is 1. The van der Waals surface area contributed by atoms with E-state index >= 15 is 0 Å². The van der Waals surface area contributed by atoms with E-state index in [2.05, 4.69) is 4.98 Å². The van der Waals surface area contributed by atoms with Crippen molar-refractivity contribution < 1.29 is 14.3 Å². The van der Waals surface area contributed by atoms with Crippen LogP contribution in [0.15, 0.2) is 54.7 Å². The molecule has 132 valence electrons. The topological polar surface area (TPSA) is 59.5 Å². The summed E-state index contributed by atoms with van der Waals surface area (Å²) in [7, 11) is 0. The summed E-state index contributed by atoms with van der Waals surface area (Å²) in [5.41, 5.74) is 1.99. The Morgan fingerprint density at radius 1 is 1.31 bits per heavy atom. The molecule has 0 unspecified atom stereocenters. The molecule has 2 aliphatic rings. The summed E-state index contributed by atoms with van der Waals surface area (Å²) in [6.45, 7) is 0.624. The van der Waals surface area contributed by atoms with E-state index in [9.17, 15) is 9.59 Å². The third kappa shape index (κ3) is 3.22. The highest BCUT2D eigenvalue weighted by atomic mass is 35.5. The fourth-order valence-corrected chi connectivity index (χ4v) is 3.61. The first-order chi connectivity index (χ1) is 12.6. The number of hydrogen-bond acceptors (Lipinski definition) is 4. The molecule has 3 heterocycles. The molecule has 0 spiro atoms. The van der Waals surface area contributed by atoms with E-state index in [4.69, 9.17) is 16.3 Å². The first kappa shape index (κ1) is 16.8. The molecule has 5 nitrogen and oxygen atoms in total. The largest absolute Gasteiger partial charge is 0.454 e. The molecule has 0 fully saturated rings. The maximum Gasteiger partial charge on any atom is 0.331 e. The first-order valence-corrected chi connectivity index (χ1v) is 8.88. The fourth-order valence-electron chi connectivity index (χ4n) is 3.48. The van der Waals surface area contributed by atoms with Gasteiger partial charge in [0.15, 0.2) is 0 Å². The predicted octanol–water partition coefficient (Wildman–Crippen LogP) is 3.28. The molecule has 1 aromatic carbocycles. The molecule has 2 atom stereocenters. The van der Waals surface area contributed by atoms with Crippen molar-refractivity contribution in [2.24, 2.45) is 0 Å². The Labute approximate surface area is 156 Å². The van der Waals surface area contributed by atoms with Crippen LogP contribution in [0.25, 0.3) is 0 Å². The molecule has 0 radical (unpaired) electrons. The van der Waals surface area contributed by atoms with Gasteiger partial charge in [0.1, 0.15) is 11.9 Å². The number of pyridine rings is 1. The highest BCUT2D eigenvalue weighted by Crippen LogP contribution is 2.33. The van der Waals surface area contributed by atoms with E-state index in [1.165, 1.54) is 6.08 Å². The summed E-state index contributed by atoms with van der Waals surface area (Å²) in [6, 6.07) is 11.2. The van der Waals surface area contributed by atoms with Crippen molar-refractivity contribution in [3.63, 3.8) is 0 Å². The Morgan fingerprint density at radius 2 is 2.12 bits per heavy atom. The number of fused-ring (bicyclic) bond motifs is 1. The number of anilines is 1. The minimum atomic E-state index is -0.460. The van der Waals surface area contributed by atoms with E-state index in [1.807, 2.05) is 24.3 Å². The number of hydrogen-bond donors (Lipinski definition) is 0. The molecule has 0 aliphatic carbocycles. The van der Waals surface area contributed by atoms with Crippen LogP contribution in [0.2, 0.25) is 5.02 Å². The first-order valence-electron chi connectivity index (χ1n) is 8.50. The van der Waals surface area contributed by atoms with Crippen LogP contribution < -0.4 is 4.90 Å². The second-order valence-electron chi connectivity index (χ2n) is 6.40. The molecule has 1 amide bonds. The van der Waals surface area contributed by atoms with E-state index in [-0.39, 0.29) is 24.2 Å². The van der Waals surface area contributed by atoms with Gasteiger partial charge in [-0.25, -0.2) is 9.78 Å². The molecule has 0 bridgehead atoms. The molecule has 2 aromatic rings. The Morgan fingerprint density at radius 3 is 2.85 bits per heavy atom. The summed E-state index contributed by atoms with van der Waals surface area (Å²) in [4.78, 5) is 30.6. The second-order valence-corrected chi connectivity index (χ2v) is 6.84. The highest BCUT2D eigenvalue weighted by Gasteiger charge is 2.33. The maximum atomic E-state index is 13.0. The maximum absolute atomic E-state index is 13.0. The van der Waals surface area contributed by atoms with Crippen LogP contribution >= 0.6 is 11.6 Å². The van der Waals surface area contributed by atoms with Crippen LogP contribution in [0.4, 0.5) is 5.82 Å². The van der Waals surface area contributed by atoms with Crippen LogP contribution in [0, 0.1) is 0 Å². The lowest BCUT2D eigenvalue weighted by Crippen LogP contribution is -2.33. The molecular weight excluding hydrogens is 352 g/mol. The Hall–Kier alpha value is -2.66. The monoisotopic (exact) mass is 368 g/mol. The van der Waals surface area contributed by atoms with Gasteiger partial charge in [0.25, 0.3) is 0 Å². The average Bonchev–Trinajstić information content (AvgIpc) is 3.27. The van der Waals surface area contributed by atoms with Gasteiger partial charge in [0.2, 0.25) is 5.91 Å². The van der Waals surface area contributed by atoms with Crippen molar-refractivity contribution in [1.29, 1.82) is 0 Å². The van der Waals surface area contributed by atoms with E-state index in [0.717, 1.165) is 23.4 Å². The molecule has 2 aliphatic heterocycles. The molecule has 6 heteroatoms. The van der Waals surface area contributed by atoms with Gasteiger partial charge in [-0.1, -0.05) is 29.8 Å². The van der Waals surface area contributed by atoms with E-state index in [1.54, 1.807) is 29.3 Å². The van der Waals surface area contributed by atoms with Gasteiger partial charge in [-0.3, -0.25) is 9.69 Å². The van der Waals surface area contributed by atoms with Gasteiger partial charge in [0.05, 0.1) is 0 Å². The zero-order valence-corrected chi connectivity index (χ0v) is 14.7. The number of ether oxygens (including phenoxy) is 1. The normalized spacial score (nSPS) is 19.3. The molecule has 4 rings (SSSR count). The summed E-state index contributed by atoms with van der Waals surface area (Å²) in [5, 5.41) is 0.621. The van der Waals surface area contributed by atoms with Gasteiger partial charge < -0.3 is 4.74 Å². The van der Waals surface area contributed by atoms with Gasteiger partial charge in [0, 0.05) is 36.2 Å². The van der Waals surface area contributed by atoms with Crippen LogP contribution in [-0.4, -0.2) is 29.5 Å². The molecule has 0 N–H and O–H groups in total. The number of aromatic nitrogens is 1. The number of halogens is 1. The predicted molar refractivity (Wildman–Crippen MR) is 98.1 cm³/mol. The minimum absolute atomic E-state index is 0.0289. The number of carbonyl (C=O) groups is 2. The zero-order valence-electron chi connectivity index (χ0n) is 14.0. The lowest BCUT2D eigenvalue weighted by atomic mass is 9.90. The fraction of sp³-hybridized carbons (Fsp3) is 0.250. The Balaban J connectivity index is 1.59. The summed E-state index contributed by atoms with van der Waals surface area (Å²) >= 11 is 5.98. The van der Waals surface area contributed by atoms with Crippen molar-refractivity contribution >= 4 is 29.3 Å². The van der Waals surface area contributed by atoms with Crippen molar-refractivity contribution in [3.05, 3.63) is 70.9 Å². The van der Waals surface area contributed by atoms with Crippen molar-refractivity contribution in [3.8, 4) is 0 Å². The number of benzene rings is 1. The third-order valence-electron chi connectivity index (χ3n) is 4.79. The van der Waals surface area contributed by atoms with Crippen LogP contribution in [0.3, 0.4) is 0 Å². The van der Waals surface area contributed by atoms with Crippen molar-refractivity contribution in [2.45, 2.75) is 24.9 Å². The van der Waals surface area contributed by atoms with Gasteiger partial charge >= 0.3 is 5.97 Å². The minimum Gasteiger partial charge on any atom is -0.454 e. The highest BCUT2D eigenvalue weighted by molar-refractivity contribution is 6.30. The smallest absolute Gasteiger partial charge is 0.331 e. The van der Waals surface area contributed by atoms with Gasteiger partial charge in [-0.15, -0.1) is 0 Å². The molecule has 0 saturated carbocycles. The average molecular weight is 369 g/mol. The molecule has 1 aromatic heterocycles. The van der Waals surface area contributed by atoms with Crippen LogP contribution in [0.1, 0.15) is 23.5 Å². The van der Waals surface area contributed by atoms with Crippen molar-refractivity contribution in [2.75, 3.05) is 11.4 Å². The summed E-state index contributed by atoms with van der Waals surface area (Å²) in [6.07, 6.45) is 5.38. The van der Waals surface area contributed by atoms with Crippen molar-refractivity contribution in [1.82, 2.24) is 4.98 Å². The quantitative estimate of drug-likeness (QED) is 0.777. The number of cyclic esters (lactones) is 1. The number of nitrogens with zero attached hydrogens (tertiary/aromatic N) is 2. The zero-order chi connectivity index (χ0) is 18.1. The van der Waals surface area contributed by atoms with Crippen LogP contribution in [0.5, 0.6) is 0 Å². The second kappa shape index (κ2) is 6.92. The third-order valence-corrected chi connectivity index (χ3v) is 5.04. The number of amides is 1. The van der Waals surface area contributed by atoms with E-state index in [0.29, 0.717) is 11.6 Å².